The number of aromatic hydroxyl groups is 1. The molecule has 1 aliphatic heterocycles. The number of benzene rings is 2. The van der Waals surface area contributed by atoms with Gasteiger partial charge in [-0.1, -0.05) is 18.2 Å². The van der Waals surface area contributed by atoms with Crippen molar-refractivity contribution in [2.24, 2.45) is 5.92 Å². The molecule has 2 heterocycles. The van der Waals surface area contributed by atoms with Crippen LogP contribution in [0.1, 0.15) is 53.0 Å². The van der Waals surface area contributed by atoms with Gasteiger partial charge in [0.25, 0.3) is 5.91 Å². The highest BCUT2D eigenvalue weighted by atomic mass is 16.3. The molecule has 0 radical (unpaired) electrons. The van der Waals surface area contributed by atoms with Crippen molar-refractivity contribution in [3.8, 4) is 5.75 Å². The summed E-state index contributed by atoms with van der Waals surface area (Å²) in [5, 5.41) is 14.4. The summed E-state index contributed by atoms with van der Waals surface area (Å²) >= 11 is 0. The largest absolute Gasteiger partial charge is 0.507 e. The number of hydrogen-bond donors (Lipinski definition) is 3. The second kappa shape index (κ2) is 7.94. The number of imidazole rings is 1. The van der Waals surface area contributed by atoms with E-state index >= 15 is 0 Å². The smallest absolute Gasteiger partial charge is 0.255 e. The summed E-state index contributed by atoms with van der Waals surface area (Å²) in [5.74, 6) is 1.21. The third kappa shape index (κ3) is 3.25. The monoisotopic (exact) mass is 458 g/mol. The molecule has 7 nitrogen and oxygen atoms in total. The molecule has 3 atom stereocenters. The molecule has 1 saturated heterocycles. The lowest BCUT2D eigenvalue weighted by Crippen LogP contribution is -2.61. The highest BCUT2D eigenvalue weighted by molar-refractivity contribution is 5.98. The van der Waals surface area contributed by atoms with Crippen molar-refractivity contribution in [2.45, 2.75) is 50.0 Å². The van der Waals surface area contributed by atoms with Gasteiger partial charge in [-0.25, -0.2) is 4.98 Å². The van der Waals surface area contributed by atoms with E-state index in [1.165, 1.54) is 0 Å². The van der Waals surface area contributed by atoms with Crippen molar-refractivity contribution >= 4 is 22.7 Å². The molecular formula is C27H30N4O3. The molecule has 2 aliphatic carbocycles. The van der Waals surface area contributed by atoms with E-state index in [2.05, 4.69) is 27.2 Å². The van der Waals surface area contributed by atoms with Crippen LogP contribution >= 0.6 is 0 Å². The third-order valence-corrected chi connectivity index (χ3v) is 8.42. The quantitative estimate of drug-likeness (QED) is 0.558. The van der Waals surface area contributed by atoms with Gasteiger partial charge in [0.05, 0.1) is 16.6 Å². The lowest BCUT2D eigenvalue weighted by atomic mass is 9.52. The predicted molar refractivity (Wildman–Crippen MR) is 129 cm³/mol. The SMILES string of the molecule is CN1CCC23CC(=O)CCC2C1Cc1ccc(C(=O)NCCc2nc4ccccc4[nH]2)c(O)c13. The summed E-state index contributed by atoms with van der Waals surface area (Å²) < 4.78 is 0. The van der Waals surface area contributed by atoms with Gasteiger partial charge >= 0.3 is 0 Å². The fraction of sp³-hybridized carbons (Fsp3) is 0.444. The summed E-state index contributed by atoms with van der Waals surface area (Å²) in [5.41, 5.74) is 3.77. The Morgan fingerprint density at radius 1 is 1.29 bits per heavy atom. The fourth-order valence-corrected chi connectivity index (χ4v) is 6.83. The molecule has 176 valence electrons. The first-order chi connectivity index (χ1) is 16.5. The van der Waals surface area contributed by atoms with E-state index in [4.69, 9.17) is 0 Å². The molecule has 1 aromatic heterocycles. The van der Waals surface area contributed by atoms with Crippen LogP contribution in [0, 0.1) is 5.92 Å². The molecule has 1 saturated carbocycles. The molecule has 7 heteroatoms. The summed E-state index contributed by atoms with van der Waals surface area (Å²) in [6.45, 7) is 1.32. The number of phenolic OH excluding ortho intramolecular Hbond substituents is 1. The number of aromatic amines is 1. The second-order valence-corrected chi connectivity index (χ2v) is 10.2. The van der Waals surface area contributed by atoms with Crippen molar-refractivity contribution in [3.05, 3.63) is 58.9 Å². The number of para-hydroxylation sites is 2. The van der Waals surface area contributed by atoms with Gasteiger partial charge in [0, 0.05) is 42.8 Å². The third-order valence-electron chi connectivity index (χ3n) is 8.42. The average Bonchev–Trinajstić information content (AvgIpc) is 3.24. The Kier molecular flexibility index (Phi) is 4.99. The number of nitrogens with one attached hydrogen (secondary N) is 2. The number of rotatable bonds is 4. The molecule has 1 amide bonds. The van der Waals surface area contributed by atoms with Crippen LogP contribution in [-0.4, -0.2) is 57.8 Å². The van der Waals surface area contributed by atoms with E-state index < -0.39 is 0 Å². The first-order valence-corrected chi connectivity index (χ1v) is 12.3. The van der Waals surface area contributed by atoms with Crippen LogP contribution in [0.2, 0.25) is 0 Å². The summed E-state index contributed by atoms with van der Waals surface area (Å²) in [6, 6.07) is 12.0. The predicted octanol–water partition coefficient (Wildman–Crippen LogP) is 3.11. The lowest BCUT2D eigenvalue weighted by Gasteiger charge is -2.58. The Hall–Kier alpha value is -3.19. The Bertz CT molecular complexity index is 1270. The number of carbonyl (C=O) groups excluding carboxylic acids is 2. The number of carbonyl (C=O) groups is 2. The van der Waals surface area contributed by atoms with E-state index in [9.17, 15) is 14.7 Å². The lowest BCUT2D eigenvalue weighted by molar-refractivity contribution is -0.126. The van der Waals surface area contributed by atoms with Crippen molar-refractivity contribution in [1.82, 2.24) is 20.2 Å². The highest BCUT2D eigenvalue weighted by Crippen LogP contribution is 2.57. The number of H-pyrrole nitrogens is 1. The summed E-state index contributed by atoms with van der Waals surface area (Å²) in [4.78, 5) is 35.9. The minimum Gasteiger partial charge on any atom is -0.507 e. The molecule has 2 aromatic carbocycles. The van der Waals surface area contributed by atoms with Crippen LogP contribution < -0.4 is 5.32 Å². The molecule has 3 aliphatic rings. The van der Waals surface area contributed by atoms with E-state index in [-0.39, 0.29) is 22.9 Å². The minimum atomic E-state index is -0.352. The zero-order chi connectivity index (χ0) is 23.4. The maximum atomic E-state index is 13.1. The molecule has 3 N–H and O–H groups in total. The van der Waals surface area contributed by atoms with Crippen LogP contribution in [-0.2, 0) is 23.1 Å². The maximum absolute atomic E-state index is 13.1. The standard InChI is InChI=1S/C27H30N4O3/c1-31-13-11-27-15-17(32)7-9-19(27)22(31)14-16-6-8-18(25(33)24(16)27)26(34)28-12-10-23-29-20-4-2-3-5-21(20)30-23/h2-6,8,19,22,33H,7,9-15H2,1H3,(H,28,34)(H,29,30). The van der Waals surface area contributed by atoms with E-state index in [0.29, 0.717) is 43.3 Å². The Morgan fingerprint density at radius 3 is 3.00 bits per heavy atom. The second-order valence-electron chi connectivity index (χ2n) is 10.2. The molecule has 3 unspecified atom stereocenters. The van der Waals surface area contributed by atoms with E-state index in [1.807, 2.05) is 30.3 Å². The zero-order valence-electron chi connectivity index (χ0n) is 19.4. The van der Waals surface area contributed by atoms with Crippen molar-refractivity contribution in [2.75, 3.05) is 20.1 Å². The number of likely N-dealkylation sites (tertiary alicyclic amines) is 1. The Labute approximate surface area is 198 Å². The summed E-state index contributed by atoms with van der Waals surface area (Å²) in [6.07, 6.45) is 4.22. The number of piperidine rings is 1. The molecule has 6 rings (SSSR count). The van der Waals surface area contributed by atoms with Crippen molar-refractivity contribution in [3.63, 3.8) is 0 Å². The molecular weight excluding hydrogens is 428 g/mol. The van der Waals surface area contributed by atoms with Gasteiger partial charge < -0.3 is 20.3 Å². The van der Waals surface area contributed by atoms with Crippen molar-refractivity contribution < 1.29 is 14.7 Å². The van der Waals surface area contributed by atoms with Crippen LogP contribution in [0.3, 0.4) is 0 Å². The average molecular weight is 459 g/mol. The number of Topliss-reactive ketones (excluding diaryl/α,β-unsaturated/α-hetero) is 1. The number of phenols is 1. The summed E-state index contributed by atoms with van der Waals surface area (Å²) in [7, 11) is 2.17. The normalized spacial score (nSPS) is 26.2. The minimum absolute atomic E-state index is 0.0708. The van der Waals surface area contributed by atoms with Crippen LogP contribution in [0.15, 0.2) is 36.4 Å². The number of amides is 1. The molecule has 2 bridgehead atoms. The Morgan fingerprint density at radius 2 is 2.15 bits per heavy atom. The van der Waals surface area contributed by atoms with E-state index in [1.54, 1.807) is 6.07 Å². The zero-order valence-corrected chi connectivity index (χ0v) is 19.4. The van der Waals surface area contributed by atoms with Gasteiger partial charge in [-0.15, -0.1) is 0 Å². The number of likely N-dealkylation sites (N-methyl/N-ethyl adjacent to an activating group) is 1. The highest BCUT2D eigenvalue weighted by Gasteiger charge is 2.56. The topological polar surface area (TPSA) is 98.3 Å². The number of nitrogens with zero attached hydrogens (tertiary/aromatic N) is 2. The van der Waals surface area contributed by atoms with Gasteiger partial charge in [-0.05, 0) is 62.5 Å². The molecule has 3 aromatic rings. The van der Waals surface area contributed by atoms with Crippen LogP contribution in [0.4, 0.5) is 0 Å². The molecule has 2 fully saturated rings. The number of fused-ring (bicyclic) bond motifs is 2. The van der Waals surface area contributed by atoms with Crippen LogP contribution in [0.25, 0.3) is 11.0 Å². The number of ketones is 1. The van der Waals surface area contributed by atoms with Gasteiger partial charge in [0.1, 0.15) is 17.4 Å². The van der Waals surface area contributed by atoms with Crippen molar-refractivity contribution in [1.29, 1.82) is 0 Å². The number of hydrogen-bond acceptors (Lipinski definition) is 5. The fourth-order valence-electron chi connectivity index (χ4n) is 6.83. The maximum Gasteiger partial charge on any atom is 0.255 e. The molecule has 34 heavy (non-hydrogen) atoms. The number of aromatic nitrogens is 2. The van der Waals surface area contributed by atoms with Gasteiger partial charge in [-0.3, -0.25) is 9.59 Å². The first-order valence-electron chi connectivity index (χ1n) is 12.3. The molecule has 0 spiro atoms. The van der Waals surface area contributed by atoms with Gasteiger partial charge in [-0.2, -0.15) is 0 Å². The van der Waals surface area contributed by atoms with Gasteiger partial charge in [0.15, 0.2) is 0 Å². The van der Waals surface area contributed by atoms with Gasteiger partial charge in [0.2, 0.25) is 0 Å². The van der Waals surface area contributed by atoms with E-state index in [0.717, 1.165) is 53.8 Å². The van der Waals surface area contributed by atoms with Crippen LogP contribution in [0.5, 0.6) is 5.75 Å². The first kappa shape index (κ1) is 21.4. The Balaban J connectivity index is 1.26.